The number of hydrogen-bond acceptors (Lipinski definition) is 5. The van der Waals surface area contributed by atoms with Crippen LogP contribution < -0.4 is 10.2 Å². The number of nitrogens with zero attached hydrogens (tertiary/aromatic N) is 4. The Hall–Kier alpha value is -1.66. The minimum absolute atomic E-state index is 0.813. The second-order valence-corrected chi connectivity index (χ2v) is 6.51. The molecule has 3 rings (SSSR count). The minimum atomic E-state index is 0.813. The summed E-state index contributed by atoms with van der Waals surface area (Å²) < 4.78 is 1.03. The largest absolute Gasteiger partial charge is 0.354 e. The van der Waals surface area contributed by atoms with Gasteiger partial charge in [-0.2, -0.15) is 0 Å². The highest BCUT2D eigenvalue weighted by Gasteiger charge is 2.15. The molecule has 0 bridgehead atoms. The Morgan fingerprint density at radius 2 is 1.86 bits per heavy atom. The van der Waals surface area contributed by atoms with Gasteiger partial charge in [0.1, 0.15) is 18.0 Å². The van der Waals surface area contributed by atoms with Crippen molar-refractivity contribution in [1.82, 2.24) is 14.9 Å². The number of anilines is 3. The van der Waals surface area contributed by atoms with Gasteiger partial charge in [0.25, 0.3) is 0 Å². The normalized spacial score (nSPS) is 15.9. The van der Waals surface area contributed by atoms with Crippen LogP contribution >= 0.6 is 15.9 Å². The highest BCUT2D eigenvalue weighted by Crippen LogP contribution is 2.27. The number of halogens is 1. The Bertz CT molecular complexity index is 653. The van der Waals surface area contributed by atoms with E-state index in [-0.39, 0.29) is 0 Å². The van der Waals surface area contributed by atoms with E-state index in [1.807, 2.05) is 6.07 Å². The van der Waals surface area contributed by atoms with E-state index in [0.717, 1.165) is 48.0 Å². The van der Waals surface area contributed by atoms with Crippen LogP contribution in [0.1, 0.15) is 5.56 Å². The molecule has 1 saturated heterocycles. The molecule has 0 saturated carbocycles. The molecule has 2 heterocycles. The van der Waals surface area contributed by atoms with E-state index in [1.54, 1.807) is 6.33 Å². The average Bonchev–Trinajstić information content (AvgIpc) is 2.51. The topological polar surface area (TPSA) is 44.3 Å². The van der Waals surface area contributed by atoms with Crippen LogP contribution in [-0.4, -0.2) is 48.1 Å². The van der Waals surface area contributed by atoms with Gasteiger partial charge in [0, 0.05) is 36.7 Å². The van der Waals surface area contributed by atoms with Crippen molar-refractivity contribution >= 4 is 33.3 Å². The molecule has 1 aliphatic heterocycles. The molecule has 1 N–H and O–H groups in total. The SMILES string of the molecule is Cc1ccc(Nc2cc(N3CCN(C)CC3)ncn2)c(Br)c1. The Morgan fingerprint density at radius 1 is 1.09 bits per heavy atom. The van der Waals surface area contributed by atoms with Crippen molar-refractivity contribution in [3.05, 3.63) is 40.6 Å². The van der Waals surface area contributed by atoms with Gasteiger partial charge >= 0.3 is 0 Å². The van der Waals surface area contributed by atoms with E-state index in [9.17, 15) is 0 Å². The lowest BCUT2D eigenvalue weighted by Crippen LogP contribution is -2.44. The summed E-state index contributed by atoms with van der Waals surface area (Å²) in [6.45, 7) is 6.21. The zero-order valence-electron chi connectivity index (χ0n) is 12.9. The van der Waals surface area contributed by atoms with Gasteiger partial charge in [-0.25, -0.2) is 9.97 Å². The van der Waals surface area contributed by atoms with Crippen LogP contribution in [-0.2, 0) is 0 Å². The molecule has 0 unspecified atom stereocenters. The molecule has 0 radical (unpaired) electrons. The number of piperazine rings is 1. The number of nitrogens with one attached hydrogen (secondary N) is 1. The third-order valence-electron chi connectivity index (χ3n) is 3.87. The summed E-state index contributed by atoms with van der Waals surface area (Å²) in [6, 6.07) is 8.23. The molecule has 22 heavy (non-hydrogen) atoms. The van der Waals surface area contributed by atoms with Gasteiger partial charge in [-0.3, -0.25) is 0 Å². The lowest BCUT2D eigenvalue weighted by molar-refractivity contribution is 0.312. The summed E-state index contributed by atoms with van der Waals surface area (Å²) in [5, 5.41) is 3.35. The summed E-state index contributed by atoms with van der Waals surface area (Å²) in [6.07, 6.45) is 1.62. The molecule has 1 aliphatic rings. The van der Waals surface area contributed by atoms with E-state index in [1.165, 1.54) is 5.56 Å². The first-order valence-corrected chi connectivity index (χ1v) is 8.20. The van der Waals surface area contributed by atoms with Crippen LogP contribution in [0, 0.1) is 6.92 Å². The quantitative estimate of drug-likeness (QED) is 0.909. The van der Waals surface area contributed by atoms with E-state index in [4.69, 9.17) is 0 Å². The first kappa shape index (κ1) is 15.2. The van der Waals surface area contributed by atoms with Gasteiger partial charge in [0.2, 0.25) is 0 Å². The summed E-state index contributed by atoms with van der Waals surface area (Å²) in [7, 11) is 2.15. The number of benzene rings is 1. The van der Waals surface area contributed by atoms with Gasteiger partial charge in [-0.05, 0) is 47.6 Å². The highest BCUT2D eigenvalue weighted by atomic mass is 79.9. The standard InChI is InChI=1S/C16H20BrN5/c1-12-3-4-14(13(17)9-12)20-15-10-16(19-11-18-15)22-7-5-21(2)6-8-22/h3-4,9-11H,5-8H2,1-2H3,(H,18,19,20). The van der Waals surface area contributed by atoms with Gasteiger partial charge in [0.05, 0.1) is 5.69 Å². The zero-order chi connectivity index (χ0) is 15.5. The zero-order valence-corrected chi connectivity index (χ0v) is 14.5. The van der Waals surface area contributed by atoms with Crippen molar-refractivity contribution in [1.29, 1.82) is 0 Å². The maximum Gasteiger partial charge on any atom is 0.135 e. The van der Waals surface area contributed by atoms with E-state index in [0.29, 0.717) is 0 Å². The van der Waals surface area contributed by atoms with E-state index in [2.05, 4.69) is 73.2 Å². The molecule has 1 fully saturated rings. The maximum absolute atomic E-state index is 4.41. The Morgan fingerprint density at radius 3 is 2.59 bits per heavy atom. The van der Waals surface area contributed by atoms with Crippen LogP contribution in [0.4, 0.5) is 17.3 Å². The molecular formula is C16H20BrN5. The van der Waals surface area contributed by atoms with Crippen LogP contribution in [0.25, 0.3) is 0 Å². The van der Waals surface area contributed by atoms with Crippen LogP contribution in [0.2, 0.25) is 0 Å². The maximum atomic E-state index is 4.41. The van der Waals surface area contributed by atoms with Crippen molar-refractivity contribution in [2.45, 2.75) is 6.92 Å². The van der Waals surface area contributed by atoms with E-state index >= 15 is 0 Å². The van der Waals surface area contributed by atoms with Crippen molar-refractivity contribution in [2.75, 3.05) is 43.4 Å². The number of hydrogen-bond donors (Lipinski definition) is 1. The fraction of sp³-hybridized carbons (Fsp3) is 0.375. The third kappa shape index (κ3) is 3.56. The molecular weight excluding hydrogens is 342 g/mol. The molecule has 0 amide bonds. The minimum Gasteiger partial charge on any atom is -0.354 e. The molecule has 1 aromatic carbocycles. The molecule has 116 valence electrons. The second-order valence-electron chi connectivity index (χ2n) is 5.66. The van der Waals surface area contributed by atoms with Crippen LogP contribution in [0.5, 0.6) is 0 Å². The Labute approximate surface area is 139 Å². The lowest BCUT2D eigenvalue weighted by Gasteiger charge is -2.33. The number of rotatable bonds is 3. The lowest BCUT2D eigenvalue weighted by atomic mass is 10.2. The predicted octanol–water partition coefficient (Wildman–Crippen LogP) is 3.04. The third-order valence-corrected chi connectivity index (χ3v) is 4.52. The summed E-state index contributed by atoms with van der Waals surface area (Å²) >= 11 is 3.58. The molecule has 5 nitrogen and oxygen atoms in total. The summed E-state index contributed by atoms with van der Waals surface area (Å²) in [5.41, 5.74) is 2.23. The highest BCUT2D eigenvalue weighted by molar-refractivity contribution is 9.10. The number of likely N-dealkylation sites (N-methyl/N-ethyl adjacent to an activating group) is 1. The van der Waals surface area contributed by atoms with Gasteiger partial charge in [-0.15, -0.1) is 0 Å². The van der Waals surface area contributed by atoms with Crippen molar-refractivity contribution < 1.29 is 0 Å². The number of aromatic nitrogens is 2. The van der Waals surface area contributed by atoms with Crippen molar-refractivity contribution in [3.63, 3.8) is 0 Å². The first-order valence-electron chi connectivity index (χ1n) is 7.40. The van der Waals surface area contributed by atoms with Gasteiger partial charge in [-0.1, -0.05) is 6.07 Å². The molecule has 6 heteroatoms. The predicted molar refractivity (Wildman–Crippen MR) is 93.9 cm³/mol. The molecule has 0 aliphatic carbocycles. The van der Waals surface area contributed by atoms with Crippen LogP contribution in [0.15, 0.2) is 35.1 Å². The smallest absolute Gasteiger partial charge is 0.135 e. The molecule has 2 aromatic rings. The Balaban J connectivity index is 1.76. The van der Waals surface area contributed by atoms with Crippen molar-refractivity contribution in [2.24, 2.45) is 0 Å². The fourth-order valence-corrected chi connectivity index (χ4v) is 3.08. The molecule has 1 aromatic heterocycles. The average molecular weight is 362 g/mol. The van der Waals surface area contributed by atoms with E-state index < -0.39 is 0 Å². The summed E-state index contributed by atoms with van der Waals surface area (Å²) in [5.74, 6) is 1.79. The second kappa shape index (κ2) is 6.62. The van der Waals surface area contributed by atoms with Gasteiger partial charge in [0.15, 0.2) is 0 Å². The molecule has 0 atom stereocenters. The molecule has 0 spiro atoms. The van der Waals surface area contributed by atoms with Crippen molar-refractivity contribution in [3.8, 4) is 0 Å². The van der Waals surface area contributed by atoms with Crippen LogP contribution in [0.3, 0.4) is 0 Å². The summed E-state index contributed by atoms with van der Waals surface area (Å²) in [4.78, 5) is 13.4. The first-order chi connectivity index (χ1) is 10.6. The monoisotopic (exact) mass is 361 g/mol. The Kier molecular flexibility index (Phi) is 4.59. The van der Waals surface area contributed by atoms with Gasteiger partial charge < -0.3 is 15.1 Å². The number of aryl methyl sites for hydroxylation is 1. The fourth-order valence-electron chi connectivity index (χ4n) is 2.48.